The summed E-state index contributed by atoms with van der Waals surface area (Å²) in [5, 5.41) is 2.86. The summed E-state index contributed by atoms with van der Waals surface area (Å²) in [6.07, 6.45) is 2.95. The van der Waals surface area contributed by atoms with Crippen molar-refractivity contribution >= 4 is 38.4 Å². The summed E-state index contributed by atoms with van der Waals surface area (Å²) in [5.41, 5.74) is 3.11. The summed E-state index contributed by atoms with van der Waals surface area (Å²) in [5.74, 6) is -0.725. The second kappa shape index (κ2) is 7.21. The van der Waals surface area contributed by atoms with Crippen LogP contribution in [0, 0.1) is 5.82 Å². The van der Waals surface area contributed by atoms with E-state index in [1.54, 1.807) is 31.3 Å². The number of carbonyl (C=O) groups excluding carboxylic acids is 2. The van der Waals surface area contributed by atoms with Crippen molar-refractivity contribution in [1.29, 1.82) is 0 Å². The average molecular weight is 423 g/mol. The lowest BCUT2D eigenvalue weighted by Gasteiger charge is -2.11. The Hall–Kier alpha value is -3.26. The molecule has 4 aromatic rings. The number of esters is 1. The molecular formula is C22H18FN3O3S. The van der Waals surface area contributed by atoms with Gasteiger partial charge in [-0.25, -0.2) is 14.2 Å². The molecule has 0 unspecified atom stereocenters. The second-order valence-corrected chi connectivity index (χ2v) is 8.19. The third-order valence-corrected chi connectivity index (χ3v) is 6.29. The van der Waals surface area contributed by atoms with Crippen molar-refractivity contribution in [3.8, 4) is 11.3 Å². The number of ether oxygens (including phenoxy) is 1. The number of benzene rings is 2. The first kappa shape index (κ1) is 18.7. The molecule has 30 heavy (non-hydrogen) atoms. The summed E-state index contributed by atoms with van der Waals surface area (Å²) in [4.78, 5) is 28.7. The van der Waals surface area contributed by atoms with E-state index in [4.69, 9.17) is 4.74 Å². The molecule has 1 fully saturated rings. The van der Waals surface area contributed by atoms with Crippen molar-refractivity contribution in [2.24, 2.45) is 0 Å². The number of aromatic nitrogens is 2. The summed E-state index contributed by atoms with van der Waals surface area (Å²) in [7, 11) is 0. The predicted octanol–water partition coefficient (Wildman–Crippen LogP) is 4.48. The molecule has 152 valence electrons. The van der Waals surface area contributed by atoms with E-state index in [0.29, 0.717) is 41.2 Å². The van der Waals surface area contributed by atoms with Crippen LogP contribution >= 0.6 is 11.3 Å². The summed E-state index contributed by atoms with van der Waals surface area (Å²) in [6.45, 7) is 2.10. The number of fused-ring (bicyclic) bond motifs is 3. The Morgan fingerprint density at radius 3 is 2.93 bits per heavy atom. The molecule has 2 aromatic heterocycles. The van der Waals surface area contributed by atoms with Crippen LogP contribution in [0.1, 0.15) is 41.7 Å². The largest absolute Gasteiger partial charge is 0.462 e. The average Bonchev–Trinajstić information content (AvgIpc) is 3.41. The lowest BCUT2D eigenvalue weighted by Crippen LogP contribution is -2.18. The van der Waals surface area contributed by atoms with Crippen LogP contribution < -0.4 is 5.32 Å². The molecule has 0 radical (unpaired) electrons. The fraction of sp³-hybridized carbons (Fsp3) is 0.227. The highest BCUT2D eigenvalue weighted by Crippen LogP contribution is 2.33. The minimum atomic E-state index is -0.367. The number of amides is 1. The van der Waals surface area contributed by atoms with E-state index in [1.165, 1.54) is 17.4 Å². The van der Waals surface area contributed by atoms with Crippen molar-refractivity contribution in [3.63, 3.8) is 0 Å². The van der Waals surface area contributed by atoms with Gasteiger partial charge in [-0.1, -0.05) is 17.4 Å². The number of nitrogens with one attached hydrogen (secondary N) is 1. The first-order chi connectivity index (χ1) is 14.5. The molecule has 2 aromatic carbocycles. The number of imidazole rings is 1. The van der Waals surface area contributed by atoms with Crippen LogP contribution in [0.15, 0.2) is 42.6 Å². The van der Waals surface area contributed by atoms with E-state index in [9.17, 15) is 14.0 Å². The fourth-order valence-electron chi connectivity index (χ4n) is 3.79. The molecule has 6 nitrogen and oxygen atoms in total. The van der Waals surface area contributed by atoms with E-state index in [2.05, 4.69) is 10.3 Å². The molecule has 0 saturated carbocycles. The van der Waals surface area contributed by atoms with Crippen molar-refractivity contribution in [1.82, 2.24) is 14.7 Å². The highest BCUT2D eigenvalue weighted by molar-refractivity contribution is 7.23. The van der Waals surface area contributed by atoms with Gasteiger partial charge in [-0.3, -0.25) is 9.20 Å². The van der Waals surface area contributed by atoms with Crippen LogP contribution in [-0.2, 0) is 9.53 Å². The molecular weight excluding hydrogens is 405 g/mol. The zero-order valence-corrected chi connectivity index (χ0v) is 17.0. The Morgan fingerprint density at radius 1 is 1.33 bits per heavy atom. The Labute approximate surface area is 175 Å². The molecule has 1 amide bonds. The topological polar surface area (TPSA) is 72.7 Å². The third-order valence-electron chi connectivity index (χ3n) is 5.27. The minimum absolute atomic E-state index is 0.00295. The Morgan fingerprint density at radius 2 is 2.20 bits per heavy atom. The van der Waals surface area contributed by atoms with Crippen LogP contribution in [-0.4, -0.2) is 27.9 Å². The van der Waals surface area contributed by atoms with E-state index < -0.39 is 0 Å². The van der Waals surface area contributed by atoms with E-state index in [-0.39, 0.29) is 23.7 Å². The maximum Gasteiger partial charge on any atom is 0.338 e. The van der Waals surface area contributed by atoms with E-state index in [0.717, 1.165) is 15.8 Å². The monoisotopic (exact) mass is 423 g/mol. The molecule has 0 bridgehead atoms. The zero-order valence-electron chi connectivity index (χ0n) is 16.1. The fourth-order valence-corrected chi connectivity index (χ4v) is 4.84. The molecule has 3 heterocycles. The van der Waals surface area contributed by atoms with Gasteiger partial charge in [0, 0.05) is 18.2 Å². The molecule has 1 saturated heterocycles. The van der Waals surface area contributed by atoms with Gasteiger partial charge in [0.05, 0.1) is 34.1 Å². The molecule has 1 aliphatic rings. The Bertz CT molecular complexity index is 1310. The number of thiazole rings is 1. The SMILES string of the molecule is CCOC(=O)c1ccc2c(c1)sc1nc(-c3ccc([C@@H]4CCC(=O)N4)cc3F)cn12. The zero-order chi connectivity index (χ0) is 20.8. The van der Waals surface area contributed by atoms with Crippen LogP contribution in [0.4, 0.5) is 4.39 Å². The van der Waals surface area contributed by atoms with Gasteiger partial charge in [0.2, 0.25) is 5.91 Å². The first-order valence-corrected chi connectivity index (χ1v) is 10.5. The quantitative estimate of drug-likeness (QED) is 0.491. The lowest BCUT2D eigenvalue weighted by atomic mass is 10.0. The van der Waals surface area contributed by atoms with Crippen molar-refractivity contribution in [2.75, 3.05) is 6.61 Å². The predicted molar refractivity (Wildman–Crippen MR) is 112 cm³/mol. The maximum absolute atomic E-state index is 14.8. The van der Waals surface area contributed by atoms with Gasteiger partial charge in [-0.15, -0.1) is 0 Å². The Balaban J connectivity index is 1.49. The summed E-state index contributed by atoms with van der Waals surface area (Å²) < 4.78 is 22.7. The first-order valence-electron chi connectivity index (χ1n) is 9.71. The molecule has 1 aliphatic heterocycles. The van der Waals surface area contributed by atoms with Crippen molar-refractivity contribution < 1.29 is 18.7 Å². The van der Waals surface area contributed by atoms with E-state index in [1.807, 2.05) is 16.5 Å². The smallest absolute Gasteiger partial charge is 0.338 e. The highest BCUT2D eigenvalue weighted by atomic mass is 32.1. The standard InChI is InChI=1S/C22H18FN3O3S/c1-2-29-21(28)13-4-7-18-19(10-13)30-22-25-17(11-26(18)22)14-5-3-12(9-15(14)23)16-6-8-20(27)24-16/h3-5,7,9-11,16H,2,6,8H2,1H3,(H,24,27)/t16-/m0/s1. The van der Waals surface area contributed by atoms with Crippen LogP contribution in [0.25, 0.3) is 26.4 Å². The van der Waals surface area contributed by atoms with Gasteiger partial charge in [-0.2, -0.15) is 0 Å². The number of hydrogen-bond donors (Lipinski definition) is 1. The maximum atomic E-state index is 14.8. The lowest BCUT2D eigenvalue weighted by molar-refractivity contribution is -0.119. The minimum Gasteiger partial charge on any atom is -0.462 e. The second-order valence-electron chi connectivity index (χ2n) is 7.18. The van der Waals surface area contributed by atoms with Gasteiger partial charge in [0.1, 0.15) is 5.82 Å². The van der Waals surface area contributed by atoms with Crippen LogP contribution in [0.2, 0.25) is 0 Å². The van der Waals surface area contributed by atoms with Crippen LogP contribution in [0.5, 0.6) is 0 Å². The highest BCUT2D eigenvalue weighted by Gasteiger charge is 2.23. The number of hydrogen-bond acceptors (Lipinski definition) is 5. The van der Waals surface area contributed by atoms with Gasteiger partial charge < -0.3 is 10.1 Å². The van der Waals surface area contributed by atoms with E-state index >= 15 is 0 Å². The van der Waals surface area contributed by atoms with Gasteiger partial charge in [0.25, 0.3) is 0 Å². The molecule has 0 spiro atoms. The molecule has 1 atom stereocenters. The van der Waals surface area contributed by atoms with Crippen molar-refractivity contribution in [2.45, 2.75) is 25.8 Å². The number of rotatable bonds is 4. The van der Waals surface area contributed by atoms with Gasteiger partial charge >= 0.3 is 5.97 Å². The normalized spacial score (nSPS) is 16.3. The number of halogens is 1. The van der Waals surface area contributed by atoms with Gasteiger partial charge in [0.15, 0.2) is 4.96 Å². The summed E-state index contributed by atoms with van der Waals surface area (Å²) in [6, 6.07) is 10.2. The number of nitrogens with zero attached hydrogens (tertiary/aromatic N) is 2. The molecule has 0 aliphatic carbocycles. The van der Waals surface area contributed by atoms with Gasteiger partial charge in [-0.05, 0) is 49.2 Å². The Kier molecular flexibility index (Phi) is 4.51. The molecule has 5 rings (SSSR count). The molecule has 1 N–H and O–H groups in total. The third kappa shape index (κ3) is 3.13. The number of carbonyl (C=O) groups is 2. The molecule has 8 heteroatoms. The summed E-state index contributed by atoms with van der Waals surface area (Å²) >= 11 is 1.43. The van der Waals surface area contributed by atoms with Crippen LogP contribution in [0.3, 0.4) is 0 Å². The van der Waals surface area contributed by atoms with Crippen molar-refractivity contribution in [3.05, 3.63) is 59.5 Å².